The molecule has 0 aromatic rings. The molecule has 90 valence electrons. The summed E-state index contributed by atoms with van der Waals surface area (Å²) in [5, 5.41) is 17.0. The van der Waals surface area contributed by atoms with Crippen LogP contribution in [0, 0.1) is 0 Å². The van der Waals surface area contributed by atoms with E-state index in [1.165, 1.54) is 6.92 Å². The van der Waals surface area contributed by atoms with Crippen LogP contribution in [-0.4, -0.2) is 36.8 Å². The number of carbonyl (C=O) groups is 1. The summed E-state index contributed by atoms with van der Waals surface area (Å²) in [6.07, 6.45) is 0. The maximum Gasteiger partial charge on any atom is 0.466 e. The third-order valence-corrected chi connectivity index (χ3v) is 0.635. The van der Waals surface area contributed by atoms with Crippen LogP contribution in [0.25, 0.3) is 0 Å². The van der Waals surface area contributed by atoms with Crippen molar-refractivity contribution in [2.24, 2.45) is 0 Å². The number of carbonyl (C=O) groups excluding carboxylic acids is 1. The van der Waals surface area contributed by atoms with Gasteiger partial charge >= 0.3 is 19.8 Å². The zero-order valence-electron chi connectivity index (χ0n) is 8.12. The Labute approximate surface area is 85.7 Å². The van der Waals surface area contributed by atoms with Crippen molar-refractivity contribution in [1.29, 1.82) is 0 Å². The maximum absolute atomic E-state index is 10.5. The molecule has 9 heteroatoms. The number of aliphatic hydroxyl groups is 2. The molecule has 5 N–H and O–H groups in total. The van der Waals surface area contributed by atoms with Gasteiger partial charge in [0.05, 0.1) is 0 Å². The lowest BCUT2D eigenvalue weighted by Crippen LogP contribution is -2.30. The Morgan fingerprint density at radius 3 is 1.67 bits per heavy atom. The average molecular weight is 244 g/mol. The first kappa shape index (κ1) is 16.7. The van der Waals surface area contributed by atoms with E-state index in [1.54, 1.807) is 0 Å². The van der Waals surface area contributed by atoms with Crippen LogP contribution in [0.15, 0.2) is 12.2 Å². The number of rotatable bonds is 2. The van der Waals surface area contributed by atoms with Gasteiger partial charge in [-0.15, -0.1) is 0 Å². The zero-order valence-corrected chi connectivity index (χ0v) is 9.01. The first-order chi connectivity index (χ1) is 6.33. The summed E-state index contributed by atoms with van der Waals surface area (Å²) in [6.45, 7) is 5.59. The molecule has 0 saturated heterocycles. The van der Waals surface area contributed by atoms with Crippen molar-refractivity contribution >= 4 is 13.8 Å². The molecule has 0 heterocycles. The van der Waals surface area contributed by atoms with E-state index in [9.17, 15) is 4.79 Å². The molecule has 0 aromatic carbocycles. The van der Waals surface area contributed by atoms with Crippen molar-refractivity contribution in [3.8, 4) is 0 Å². The van der Waals surface area contributed by atoms with Gasteiger partial charge in [-0.2, -0.15) is 0 Å². The largest absolute Gasteiger partial charge is 0.466 e. The molecule has 0 unspecified atom stereocenters. The molecule has 0 aliphatic carbocycles. The summed E-state index contributed by atoms with van der Waals surface area (Å²) in [5.74, 6) is -3.23. The summed E-state index contributed by atoms with van der Waals surface area (Å²) in [4.78, 5) is 32.1. The van der Waals surface area contributed by atoms with Crippen molar-refractivity contribution in [2.45, 2.75) is 19.8 Å². The lowest BCUT2D eigenvalue weighted by atomic mass is 10.4. The van der Waals surface area contributed by atoms with Crippen molar-refractivity contribution < 1.29 is 39.0 Å². The van der Waals surface area contributed by atoms with Crippen LogP contribution in [-0.2, 0) is 14.1 Å². The van der Waals surface area contributed by atoms with Gasteiger partial charge in [0.2, 0.25) is 0 Å². The van der Waals surface area contributed by atoms with E-state index in [2.05, 4.69) is 11.3 Å². The lowest BCUT2D eigenvalue weighted by Gasteiger charge is -2.15. The number of hydrogen-bond acceptors (Lipinski definition) is 5. The SMILES string of the molecule is C=C(C)C(=O)OC(C)(O)O.O=P(O)(O)O. The van der Waals surface area contributed by atoms with Crippen LogP contribution >= 0.6 is 7.82 Å². The summed E-state index contributed by atoms with van der Waals surface area (Å²) in [6, 6.07) is 0. The summed E-state index contributed by atoms with van der Waals surface area (Å²) in [7, 11) is -4.64. The predicted molar refractivity (Wildman–Crippen MR) is 48.0 cm³/mol. The van der Waals surface area contributed by atoms with E-state index in [0.717, 1.165) is 6.92 Å². The summed E-state index contributed by atoms with van der Waals surface area (Å²) >= 11 is 0. The van der Waals surface area contributed by atoms with Crippen molar-refractivity contribution in [3.63, 3.8) is 0 Å². The maximum atomic E-state index is 10.5. The highest BCUT2D eigenvalue weighted by atomic mass is 31.2. The second kappa shape index (κ2) is 5.96. The molecule has 0 radical (unpaired) electrons. The highest BCUT2D eigenvalue weighted by Gasteiger charge is 2.20. The van der Waals surface area contributed by atoms with E-state index >= 15 is 0 Å². The standard InChI is InChI=1S/C6H10O4.H3O4P/c1-4(2)5(7)10-6(3,8)9;1-5(2,3)4/h8-9H,1H2,2-3H3;(H3,1,2,3,4). The molecule has 0 aliphatic heterocycles. The van der Waals surface area contributed by atoms with E-state index in [-0.39, 0.29) is 5.57 Å². The Morgan fingerprint density at radius 2 is 1.60 bits per heavy atom. The first-order valence-corrected chi connectivity index (χ1v) is 5.01. The highest BCUT2D eigenvalue weighted by Crippen LogP contribution is 2.25. The van der Waals surface area contributed by atoms with Crippen LogP contribution < -0.4 is 0 Å². The van der Waals surface area contributed by atoms with E-state index < -0.39 is 19.8 Å². The third kappa shape index (κ3) is 24.6. The van der Waals surface area contributed by atoms with Gasteiger partial charge in [-0.3, -0.25) is 0 Å². The van der Waals surface area contributed by atoms with Crippen LogP contribution in [0.2, 0.25) is 0 Å². The molecule has 0 bridgehead atoms. The fourth-order valence-corrected chi connectivity index (χ4v) is 0.263. The number of ether oxygens (including phenoxy) is 1. The first-order valence-electron chi connectivity index (χ1n) is 3.45. The fraction of sp³-hybridized carbons (Fsp3) is 0.500. The smallest absolute Gasteiger partial charge is 0.405 e. The summed E-state index contributed by atoms with van der Waals surface area (Å²) in [5.41, 5.74) is 0.120. The Bertz CT molecular complexity index is 263. The Balaban J connectivity index is 0. The molecule has 0 rings (SSSR count). The van der Waals surface area contributed by atoms with Gasteiger partial charge < -0.3 is 29.6 Å². The topological polar surface area (TPSA) is 145 Å². The molecular weight excluding hydrogens is 231 g/mol. The highest BCUT2D eigenvalue weighted by molar-refractivity contribution is 7.45. The van der Waals surface area contributed by atoms with Crippen LogP contribution in [0.4, 0.5) is 0 Å². The van der Waals surface area contributed by atoms with Crippen molar-refractivity contribution in [2.75, 3.05) is 0 Å². The van der Waals surface area contributed by atoms with Gasteiger partial charge in [0, 0.05) is 12.5 Å². The Morgan fingerprint density at radius 1 is 1.33 bits per heavy atom. The minimum Gasteiger partial charge on any atom is -0.405 e. The van der Waals surface area contributed by atoms with Gasteiger partial charge in [-0.25, -0.2) is 9.36 Å². The Hall–Kier alpha value is -0.760. The van der Waals surface area contributed by atoms with E-state index in [1.807, 2.05) is 0 Å². The van der Waals surface area contributed by atoms with Crippen molar-refractivity contribution in [1.82, 2.24) is 0 Å². The van der Waals surface area contributed by atoms with Crippen LogP contribution in [0.5, 0.6) is 0 Å². The van der Waals surface area contributed by atoms with Gasteiger partial charge in [-0.05, 0) is 6.92 Å². The van der Waals surface area contributed by atoms with Crippen LogP contribution in [0.3, 0.4) is 0 Å². The second-order valence-electron chi connectivity index (χ2n) is 2.62. The monoisotopic (exact) mass is 244 g/mol. The van der Waals surface area contributed by atoms with Gasteiger partial charge in [0.1, 0.15) is 0 Å². The molecular formula is C6H13O8P. The Kier molecular flexibility index (Phi) is 6.62. The van der Waals surface area contributed by atoms with E-state index in [0.29, 0.717) is 0 Å². The van der Waals surface area contributed by atoms with E-state index in [4.69, 9.17) is 29.5 Å². The average Bonchev–Trinajstić information content (AvgIpc) is 1.78. The molecule has 0 saturated carbocycles. The molecule has 15 heavy (non-hydrogen) atoms. The van der Waals surface area contributed by atoms with Gasteiger partial charge in [0.15, 0.2) is 0 Å². The van der Waals surface area contributed by atoms with Crippen molar-refractivity contribution in [3.05, 3.63) is 12.2 Å². The quantitative estimate of drug-likeness (QED) is 0.177. The van der Waals surface area contributed by atoms with Gasteiger partial charge in [-0.1, -0.05) is 6.58 Å². The second-order valence-corrected chi connectivity index (χ2v) is 3.64. The molecule has 0 spiro atoms. The van der Waals surface area contributed by atoms with Crippen LogP contribution in [0.1, 0.15) is 13.8 Å². The molecule has 0 fully saturated rings. The molecule has 0 aliphatic rings. The molecule has 0 aromatic heterocycles. The predicted octanol–water partition coefficient (Wildman–Crippen LogP) is -1.16. The normalized spacial score (nSPS) is 11.1. The molecule has 0 amide bonds. The molecule has 0 atom stereocenters. The number of phosphoric acid groups is 1. The third-order valence-electron chi connectivity index (χ3n) is 0.635. The number of hydrogen-bond donors (Lipinski definition) is 5. The van der Waals surface area contributed by atoms with Gasteiger partial charge in [0.25, 0.3) is 0 Å². The molecule has 8 nitrogen and oxygen atoms in total. The zero-order chi connectivity index (χ0) is 12.9. The lowest BCUT2D eigenvalue weighted by molar-refractivity contribution is -0.304. The summed E-state index contributed by atoms with van der Waals surface area (Å²) < 4.78 is 13.0. The minimum atomic E-state index is -4.64. The minimum absolute atomic E-state index is 0.120. The number of esters is 1. The fourth-order valence-electron chi connectivity index (χ4n) is 0.263.